The van der Waals surface area contributed by atoms with Crippen molar-refractivity contribution in [2.24, 2.45) is 5.92 Å². The summed E-state index contributed by atoms with van der Waals surface area (Å²) in [4.78, 5) is 57.1. The number of piperidine rings is 1. The van der Waals surface area contributed by atoms with E-state index >= 15 is 0 Å². The molecule has 39 heavy (non-hydrogen) atoms. The molecule has 3 amide bonds. The summed E-state index contributed by atoms with van der Waals surface area (Å²) < 4.78 is 15.0. The molecule has 7 nitrogen and oxygen atoms in total. The van der Waals surface area contributed by atoms with Crippen LogP contribution in [0.15, 0.2) is 52.3 Å². The molecule has 3 atom stereocenters. The van der Waals surface area contributed by atoms with E-state index < -0.39 is 34.7 Å². The maximum absolute atomic E-state index is 13.9. The summed E-state index contributed by atoms with van der Waals surface area (Å²) in [6, 6.07) is 10.2. The third-order valence-electron chi connectivity index (χ3n) is 7.45. The summed E-state index contributed by atoms with van der Waals surface area (Å²) in [6.07, 6.45) is 2.91. The molecule has 2 fully saturated rings. The lowest BCUT2D eigenvalue weighted by atomic mass is 9.83. The largest absolute Gasteiger partial charge is 0.341 e. The van der Waals surface area contributed by atoms with Gasteiger partial charge in [0, 0.05) is 23.9 Å². The van der Waals surface area contributed by atoms with Crippen molar-refractivity contribution in [2.75, 3.05) is 18.0 Å². The fourth-order valence-corrected chi connectivity index (χ4v) is 8.76. The number of thiazole rings is 1. The van der Waals surface area contributed by atoms with E-state index in [1.165, 1.54) is 28.8 Å². The van der Waals surface area contributed by atoms with Gasteiger partial charge < -0.3 is 4.90 Å². The number of thioether (sulfide) groups is 1. The number of aromatic nitrogens is 1. The minimum absolute atomic E-state index is 0.144. The number of carbonyl (C=O) groups is 3. The second-order valence-corrected chi connectivity index (χ2v) is 12.6. The number of nitrogens with zero attached hydrogens (tertiary/aromatic N) is 3. The fourth-order valence-electron chi connectivity index (χ4n) is 5.57. The Labute approximate surface area is 241 Å². The summed E-state index contributed by atoms with van der Waals surface area (Å²) in [5.74, 6) is -3.18. The predicted molar refractivity (Wildman–Crippen MR) is 149 cm³/mol. The van der Waals surface area contributed by atoms with Crippen LogP contribution >= 0.6 is 46.3 Å². The molecule has 0 spiro atoms. The molecule has 4 heterocycles. The Morgan fingerprint density at radius 3 is 2.41 bits per heavy atom. The van der Waals surface area contributed by atoms with Crippen LogP contribution < -0.4 is 9.77 Å². The molecule has 0 N–H and O–H groups in total. The van der Waals surface area contributed by atoms with Crippen molar-refractivity contribution in [3.05, 3.63) is 78.4 Å². The standard InChI is InChI=1S/C27H22Cl2FN3O4S2/c28-17-6-4-5-16(21(17)29)19-20-22(25(36)33(24(20)35)15-9-7-14(30)8-10-15)38-26-23(19)39-27(37)32(26)13-18(34)31-11-2-1-3-12-31/h4-10,19-20,22H,1-3,11-13H2/t19-,20-,22+/m0/s1. The molecule has 12 heteroatoms. The van der Waals surface area contributed by atoms with E-state index in [4.69, 9.17) is 23.2 Å². The number of hydrogen-bond donors (Lipinski definition) is 0. The van der Waals surface area contributed by atoms with Crippen LogP contribution in [0.25, 0.3) is 0 Å². The highest BCUT2D eigenvalue weighted by molar-refractivity contribution is 8.00. The van der Waals surface area contributed by atoms with Crippen LogP contribution in [0.3, 0.4) is 0 Å². The van der Waals surface area contributed by atoms with Gasteiger partial charge in [0.05, 0.1) is 26.7 Å². The summed E-state index contributed by atoms with van der Waals surface area (Å²) >= 11 is 15.1. The molecule has 0 aliphatic carbocycles. The molecule has 202 valence electrons. The lowest BCUT2D eigenvalue weighted by molar-refractivity contribution is -0.133. The number of likely N-dealkylation sites (tertiary alicyclic amines) is 1. The summed E-state index contributed by atoms with van der Waals surface area (Å²) in [5, 5.41) is 0.128. The summed E-state index contributed by atoms with van der Waals surface area (Å²) in [7, 11) is 0. The van der Waals surface area contributed by atoms with Gasteiger partial charge in [-0.3, -0.25) is 23.7 Å². The highest BCUT2D eigenvalue weighted by Gasteiger charge is 2.57. The van der Waals surface area contributed by atoms with E-state index in [1.807, 2.05) is 0 Å². The van der Waals surface area contributed by atoms with Gasteiger partial charge in [0.25, 0.3) is 0 Å². The van der Waals surface area contributed by atoms with Gasteiger partial charge in [-0.15, -0.1) is 0 Å². The number of fused-ring (bicyclic) bond motifs is 2. The lowest BCUT2D eigenvalue weighted by Crippen LogP contribution is -2.39. The van der Waals surface area contributed by atoms with E-state index in [0.717, 1.165) is 47.3 Å². The van der Waals surface area contributed by atoms with Crippen molar-refractivity contribution in [3.8, 4) is 0 Å². The molecule has 3 aromatic rings. The average molecular weight is 607 g/mol. The predicted octanol–water partition coefficient (Wildman–Crippen LogP) is 5.16. The number of amides is 3. The SMILES string of the molecule is O=C(Cn1c2c(sc1=O)[C@@H](c1cccc(Cl)c1Cl)[C@@H]1C(=O)N(c3ccc(F)cc3)C(=O)[C@@H]1S2)N1CCCCC1. The van der Waals surface area contributed by atoms with Gasteiger partial charge in [0.2, 0.25) is 17.7 Å². The minimum Gasteiger partial charge on any atom is -0.341 e. The quantitative estimate of drug-likeness (QED) is 0.384. The van der Waals surface area contributed by atoms with E-state index in [-0.39, 0.29) is 33.1 Å². The van der Waals surface area contributed by atoms with Crippen LogP contribution in [0.1, 0.15) is 35.6 Å². The second kappa shape index (κ2) is 10.4. The van der Waals surface area contributed by atoms with Crippen LogP contribution in [-0.4, -0.2) is 45.5 Å². The Kier molecular flexibility index (Phi) is 7.07. The highest BCUT2D eigenvalue weighted by Crippen LogP contribution is 2.55. The maximum Gasteiger partial charge on any atom is 0.308 e. The number of carbonyl (C=O) groups excluding carboxylic acids is 3. The number of anilines is 1. The second-order valence-electron chi connectivity index (χ2n) is 9.74. The minimum atomic E-state index is -0.875. The number of hydrogen-bond acceptors (Lipinski definition) is 6. The normalized spacial score (nSPS) is 22.7. The summed E-state index contributed by atoms with van der Waals surface area (Å²) in [6.45, 7) is 1.16. The van der Waals surface area contributed by atoms with Crippen molar-refractivity contribution in [1.29, 1.82) is 0 Å². The molecule has 1 aromatic heterocycles. The van der Waals surface area contributed by atoms with Gasteiger partial charge in [-0.05, 0) is 55.2 Å². The van der Waals surface area contributed by atoms with Crippen LogP contribution in [-0.2, 0) is 20.9 Å². The van der Waals surface area contributed by atoms with Crippen molar-refractivity contribution in [2.45, 2.75) is 42.0 Å². The number of imide groups is 1. The Bertz CT molecular complexity index is 1550. The fraction of sp³-hybridized carbons (Fsp3) is 0.333. The molecule has 2 aromatic carbocycles. The molecule has 6 rings (SSSR count). The van der Waals surface area contributed by atoms with E-state index in [9.17, 15) is 23.6 Å². The molecule has 0 bridgehead atoms. The first kappa shape index (κ1) is 26.6. The van der Waals surface area contributed by atoms with Gasteiger partial charge in [-0.2, -0.15) is 0 Å². The number of halogens is 3. The van der Waals surface area contributed by atoms with Gasteiger partial charge in [0.15, 0.2) is 0 Å². The van der Waals surface area contributed by atoms with Crippen molar-refractivity contribution in [1.82, 2.24) is 9.47 Å². The first-order valence-corrected chi connectivity index (χ1v) is 15.0. The van der Waals surface area contributed by atoms with E-state index in [2.05, 4.69) is 0 Å². The third kappa shape index (κ3) is 4.51. The first-order chi connectivity index (χ1) is 18.8. The molecule has 2 saturated heterocycles. The zero-order chi connectivity index (χ0) is 27.4. The van der Waals surface area contributed by atoms with Crippen molar-refractivity contribution >= 4 is 69.7 Å². The first-order valence-electron chi connectivity index (χ1n) is 12.5. The maximum atomic E-state index is 13.9. The van der Waals surface area contributed by atoms with Crippen molar-refractivity contribution < 1.29 is 18.8 Å². The smallest absolute Gasteiger partial charge is 0.308 e. The van der Waals surface area contributed by atoms with Crippen LogP contribution in [0.4, 0.5) is 10.1 Å². The van der Waals surface area contributed by atoms with E-state index in [0.29, 0.717) is 28.6 Å². The molecule has 0 radical (unpaired) electrons. The Morgan fingerprint density at radius 2 is 1.69 bits per heavy atom. The molecule has 3 aliphatic heterocycles. The third-order valence-corrected chi connectivity index (χ3v) is 10.9. The zero-order valence-electron chi connectivity index (χ0n) is 20.4. The zero-order valence-corrected chi connectivity index (χ0v) is 23.6. The van der Waals surface area contributed by atoms with Gasteiger partial charge in [0.1, 0.15) is 17.6 Å². The number of benzene rings is 2. The Hall–Kier alpha value is -2.66. The van der Waals surface area contributed by atoms with Gasteiger partial charge in [-0.25, -0.2) is 9.29 Å². The van der Waals surface area contributed by atoms with Gasteiger partial charge in [-0.1, -0.05) is 58.4 Å². The van der Waals surface area contributed by atoms with E-state index in [1.54, 1.807) is 23.1 Å². The molecule has 0 saturated carbocycles. The van der Waals surface area contributed by atoms with Crippen LogP contribution in [0.5, 0.6) is 0 Å². The lowest BCUT2D eigenvalue weighted by Gasteiger charge is -2.31. The molecular formula is C27H22Cl2FN3O4S2. The average Bonchev–Trinajstić information content (AvgIpc) is 3.38. The molecule has 0 unspecified atom stereocenters. The van der Waals surface area contributed by atoms with Crippen LogP contribution in [0.2, 0.25) is 10.0 Å². The number of rotatable bonds is 4. The molecule has 3 aliphatic rings. The van der Waals surface area contributed by atoms with Gasteiger partial charge >= 0.3 is 4.87 Å². The Morgan fingerprint density at radius 1 is 0.974 bits per heavy atom. The highest BCUT2D eigenvalue weighted by atomic mass is 35.5. The van der Waals surface area contributed by atoms with Crippen molar-refractivity contribution in [3.63, 3.8) is 0 Å². The topological polar surface area (TPSA) is 79.7 Å². The van der Waals surface area contributed by atoms with Crippen LogP contribution in [0, 0.1) is 11.7 Å². The molecular weight excluding hydrogens is 584 g/mol. The Balaban J connectivity index is 1.46. The summed E-state index contributed by atoms with van der Waals surface area (Å²) in [5.41, 5.74) is 0.789. The monoisotopic (exact) mass is 605 g/mol.